The standard InChI is InChI=1S/C16H33O5P/c1-3-5-6-7-8-9-10-11-12-15(22(18,19)20)13-14-16(17)21-4-2/h15H,3-14H2,1-2H3,(H2,18,19,20). The molecule has 0 saturated heterocycles. The number of ether oxygens (including phenoxy) is 1. The van der Waals surface area contributed by atoms with Crippen molar-refractivity contribution < 1.29 is 23.9 Å². The largest absolute Gasteiger partial charge is 0.466 e. The van der Waals surface area contributed by atoms with E-state index in [4.69, 9.17) is 4.74 Å². The molecule has 0 aliphatic carbocycles. The van der Waals surface area contributed by atoms with Crippen molar-refractivity contribution in [1.29, 1.82) is 0 Å². The van der Waals surface area contributed by atoms with Gasteiger partial charge in [-0.25, -0.2) is 0 Å². The monoisotopic (exact) mass is 336 g/mol. The van der Waals surface area contributed by atoms with Gasteiger partial charge in [-0.2, -0.15) is 0 Å². The van der Waals surface area contributed by atoms with Crippen LogP contribution in [-0.4, -0.2) is 28.0 Å². The summed E-state index contributed by atoms with van der Waals surface area (Å²) < 4.78 is 16.3. The van der Waals surface area contributed by atoms with Crippen molar-refractivity contribution in [3.05, 3.63) is 0 Å². The van der Waals surface area contributed by atoms with Crippen LogP contribution in [0.25, 0.3) is 0 Å². The maximum absolute atomic E-state index is 11.5. The van der Waals surface area contributed by atoms with Crippen LogP contribution in [0.5, 0.6) is 0 Å². The molecule has 0 fully saturated rings. The highest BCUT2D eigenvalue weighted by Crippen LogP contribution is 2.46. The van der Waals surface area contributed by atoms with Gasteiger partial charge in [-0.15, -0.1) is 0 Å². The van der Waals surface area contributed by atoms with Gasteiger partial charge in [0.1, 0.15) is 0 Å². The lowest BCUT2D eigenvalue weighted by molar-refractivity contribution is -0.143. The second kappa shape index (κ2) is 13.1. The Hall–Kier alpha value is -0.380. The average molecular weight is 336 g/mol. The molecule has 0 rings (SSSR count). The number of unbranched alkanes of at least 4 members (excludes halogenated alkanes) is 7. The summed E-state index contributed by atoms with van der Waals surface area (Å²) in [6, 6.07) is 0. The molecule has 22 heavy (non-hydrogen) atoms. The van der Waals surface area contributed by atoms with Crippen LogP contribution in [0, 0.1) is 0 Å². The van der Waals surface area contributed by atoms with Crippen molar-refractivity contribution in [1.82, 2.24) is 0 Å². The number of rotatable bonds is 14. The fourth-order valence-electron chi connectivity index (χ4n) is 2.51. The van der Waals surface area contributed by atoms with E-state index in [0.29, 0.717) is 13.0 Å². The zero-order chi connectivity index (χ0) is 16.8. The molecule has 132 valence electrons. The molecule has 0 aromatic rings. The molecule has 0 spiro atoms. The molecular formula is C16H33O5P. The Kier molecular flexibility index (Phi) is 12.9. The average Bonchev–Trinajstić information content (AvgIpc) is 2.43. The van der Waals surface area contributed by atoms with Gasteiger partial charge in [0.25, 0.3) is 0 Å². The predicted molar refractivity (Wildman–Crippen MR) is 88.9 cm³/mol. The predicted octanol–water partition coefficient (Wildman–Crippen LogP) is 4.41. The van der Waals surface area contributed by atoms with Crippen molar-refractivity contribution in [3.8, 4) is 0 Å². The second-order valence-corrected chi connectivity index (χ2v) is 7.76. The van der Waals surface area contributed by atoms with E-state index in [1.54, 1.807) is 6.92 Å². The molecule has 6 heteroatoms. The second-order valence-electron chi connectivity index (χ2n) is 5.85. The maximum Gasteiger partial charge on any atom is 0.328 e. The van der Waals surface area contributed by atoms with Crippen LogP contribution in [-0.2, 0) is 14.1 Å². The van der Waals surface area contributed by atoms with Crippen LogP contribution in [0.15, 0.2) is 0 Å². The Balaban J connectivity index is 3.87. The molecule has 2 N–H and O–H groups in total. The van der Waals surface area contributed by atoms with Crippen LogP contribution < -0.4 is 0 Å². The summed E-state index contributed by atoms with van der Waals surface area (Å²) in [4.78, 5) is 30.1. The number of carbonyl (C=O) groups is 1. The molecule has 0 aromatic carbocycles. The van der Waals surface area contributed by atoms with Crippen LogP contribution in [0.1, 0.15) is 84.5 Å². The lowest BCUT2D eigenvalue weighted by atomic mass is 10.0. The smallest absolute Gasteiger partial charge is 0.328 e. The van der Waals surface area contributed by atoms with Gasteiger partial charge in [-0.1, -0.05) is 58.3 Å². The van der Waals surface area contributed by atoms with Crippen LogP contribution in [0.2, 0.25) is 0 Å². The number of hydrogen-bond acceptors (Lipinski definition) is 3. The van der Waals surface area contributed by atoms with Crippen LogP contribution in [0.3, 0.4) is 0 Å². The molecular weight excluding hydrogens is 303 g/mol. The van der Waals surface area contributed by atoms with E-state index in [1.165, 1.54) is 32.1 Å². The van der Waals surface area contributed by atoms with Gasteiger partial charge in [0.2, 0.25) is 0 Å². The zero-order valence-electron chi connectivity index (χ0n) is 14.1. The van der Waals surface area contributed by atoms with Crippen LogP contribution >= 0.6 is 7.60 Å². The van der Waals surface area contributed by atoms with Crippen molar-refractivity contribution in [2.24, 2.45) is 0 Å². The Morgan fingerprint density at radius 3 is 2.00 bits per heavy atom. The van der Waals surface area contributed by atoms with Gasteiger partial charge in [0.15, 0.2) is 0 Å². The lowest BCUT2D eigenvalue weighted by Gasteiger charge is -2.17. The first kappa shape index (κ1) is 21.6. The third-order valence-corrected chi connectivity index (χ3v) is 5.32. The molecule has 0 saturated carbocycles. The number of esters is 1. The highest BCUT2D eigenvalue weighted by atomic mass is 31.2. The van der Waals surface area contributed by atoms with Gasteiger partial charge < -0.3 is 14.5 Å². The van der Waals surface area contributed by atoms with E-state index in [1.807, 2.05) is 0 Å². The topological polar surface area (TPSA) is 83.8 Å². The van der Waals surface area contributed by atoms with E-state index in [0.717, 1.165) is 19.3 Å². The first-order chi connectivity index (χ1) is 10.4. The lowest BCUT2D eigenvalue weighted by Crippen LogP contribution is -2.13. The molecule has 0 aromatic heterocycles. The summed E-state index contributed by atoms with van der Waals surface area (Å²) >= 11 is 0. The van der Waals surface area contributed by atoms with E-state index >= 15 is 0 Å². The Bertz CT molecular complexity index is 326. The molecule has 5 nitrogen and oxygen atoms in total. The fraction of sp³-hybridized carbons (Fsp3) is 0.938. The molecule has 0 aliphatic heterocycles. The van der Waals surface area contributed by atoms with E-state index in [9.17, 15) is 19.1 Å². The van der Waals surface area contributed by atoms with Crippen molar-refractivity contribution >= 4 is 13.6 Å². The summed E-state index contributed by atoms with van der Waals surface area (Å²) in [6.07, 6.45) is 9.96. The van der Waals surface area contributed by atoms with E-state index in [2.05, 4.69) is 6.92 Å². The van der Waals surface area contributed by atoms with Gasteiger partial charge in [-0.3, -0.25) is 9.36 Å². The number of hydrogen-bond donors (Lipinski definition) is 2. The zero-order valence-corrected chi connectivity index (χ0v) is 15.0. The van der Waals surface area contributed by atoms with Crippen molar-refractivity contribution in [2.45, 2.75) is 90.1 Å². The summed E-state index contributed by atoms with van der Waals surface area (Å²) in [6.45, 7) is 4.22. The fourth-order valence-corrected chi connectivity index (χ4v) is 3.50. The van der Waals surface area contributed by atoms with Crippen molar-refractivity contribution in [2.75, 3.05) is 6.61 Å². The number of carbonyl (C=O) groups excluding carboxylic acids is 1. The van der Waals surface area contributed by atoms with Gasteiger partial charge >= 0.3 is 13.6 Å². The minimum absolute atomic E-state index is 0.0840. The molecule has 1 atom stereocenters. The first-order valence-electron chi connectivity index (χ1n) is 8.62. The maximum atomic E-state index is 11.5. The molecule has 0 aliphatic rings. The van der Waals surface area contributed by atoms with Gasteiger partial charge in [0, 0.05) is 6.42 Å². The van der Waals surface area contributed by atoms with Crippen molar-refractivity contribution in [3.63, 3.8) is 0 Å². The summed E-state index contributed by atoms with van der Waals surface area (Å²) in [5.41, 5.74) is -0.711. The van der Waals surface area contributed by atoms with E-state index in [-0.39, 0.29) is 18.8 Å². The third-order valence-electron chi connectivity index (χ3n) is 3.85. The summed E-state index contributed by atoms with van der Waals surface area (Å²) in [5.74, 6) is -0.378. The van der Waals surface area contributed by atoms with E-state index < -0.39 is 13.3 Å². The molecule has 1 unspecified atom stereocenters. The van der Waals surface area contributed by atoms with Gasteiger partial charge in [-0.05, 0) is 19.8 Å². The Morgan fingerprint density at radius 2 is 1.50 bits per heavy atom. The Labute approximate surface area is 135 Å². The molecule has 0 radical (unpaired) electrons. The highest BCUT2D eigenvalue weighted by Gasteiger charge is 2.28. The summed E-state index contributed by atoms with van der Waals surface area (Å²) in [7, 11) is -4.13. The quantitative estimate of drug-likeness (QED) is 0.279. The summed E-state index contributed by atoms with van der Waals surface area (Å²) in [5, 5.41) is 0. The third kappa shape index (κ3) is 12.2. The SMILES string of the molecule is CCCCCCCCCCC(CCC(=O)OCC)P(=O)(O)O. The minimum atomic E-state index is -4.13. The molecule has 0 bridgehead atoms. The highest BCUT2D eigenvalue weighted by molar-refractivity contribution is 7.52. The minimum Gasteiger partial charge on any atom is -0.466 e. The molecule has 0 amide bonds. The molecule has 0 heterocycles. The van der Waals surface area contributed by atoms with Gasteiger partial charge in [0.05, 0.1) is 12.3 Å². The first-order valence-corrected chi connectivity index (χ1v) is 10.3. The normalized spacial score (nSPS) is 13.1. The Morgan fingerprint density at radius 1 is 0.955 bits per heavy atom. The van der Waals surface area contributed by atoms with Crippen LogP contribution in [0.4, 0.5) is 0 Å².